The van der Waals surface area contributed by atoms with Crippen LogP contribution in [0.2, 0.25) is 0 Å². The number of ether oxygens (including phenoxy) is 1. The van der Waals surface area contributed by atoms with Gasteiger partial charge in [-0.2, -0.15) is 0 Å². The van der Waals surface area contributed by atoms with Gasteiger partial charge in [0.05, 0.1) is 0 Å². The van der Waals surface area contributed by atoms with Crippen LogP contribution in [0.4, 0.5) is 4.39 Å². The number of hydrogen-bond donors (Lipinski definition) is 0. The van der Waals surface area contributed by atoms with Crippen molar-refractivity contribution in [2.75, 3.05) is 0 Å². The maximum atomic E-state index is 13.0. The first-order valence-electron chi connectivity index (χ1n) is 5.99. The standard InChI is InChI=1S/C14H17FN2O/c1-10(2)17-11(3)8-16-14(17)9-18-13-6-4-5-12(15)7-13/h4-8,10H,9H2,1-3H3. The normalized spacial score (nSPS) is 10.9. The van der Waals surface area contributed by atoms with Crippen LogP contribution in [0.5, 0.6) is 5.75 Å². The monoisotopic (exact) mass is 248 g/mol. The van der Waals surface area contributed by atoms with Gasteiger partial charge >= 0.3 is 0 Å². The van der Waals surface area contributed by atoms with Gasteiger partial charge in [-0.25, -0.2) is 9.37 Å². The van der Waals surface area contributed by atoms with Crippen LogP contribution in [0.15, 0.2) is 30.5 Å². The zero-order chi connectivity index (χ0) is 13.1. The minimum absolute atomic E-state index is 0.295. The molecule has 0 N–H and O–H groups in total. The minimum Gasteiger partial charge on any atom is -0.486 e. The summed E-state index contributed by atoms with van der Waals surface area (Å²) < 4.78 is 20.7. The third-order valence-electron chi connectivity index (χ3n) is 2.74. The molecule has 1 aromatic carbocycles. The van der Waals surface area contributed by atoms with Crippen LogP contribution in [0, 0.1) is 12.7 Å². The molecule has 0 radical (unpaired) electrons. The molecule has 0 saturated carbocycles. The Morgan fingerprint density at radius 1 is 1.39 bits per heavy atom. The third-order valence-corrected chi connectivity index (χ3v) is 2.74. The van der Waals surface area contributed by atoms with E-state index in [4.69, 9.17) is 4.74 Å². The van der Waals surface area contributed by atoms with Gasteiger partial charge in [-0.1, -0.05) is 6.07 Å². The lowest BCUT2D eigenvalue weighted by molar-refractivity contribution is 0.284. The Morgan fingerprint density at radius 2 is 2.17 bits per heavy atom. The molecule has 96 valence electrons. The van der Waals surface area contributed by atoms with E-state index < -0.39 is 0 Å². The molecule has 0 aliphatic carbocycles. The second-order valence-corrected chi connectivity index (χ2v) is 4.53. The third kappa shape index (κ3) is 2.70. The van der Waals surface area contributed by atoms with E-state index in [1.165, 1.54) is 12.1 Å². The highest BCUT2D eigenvalue weighted by Gasteiger charge is 2.10. The highest BCUT2D eigenvalue weighted by atomic mass is 19.1. The maximum absolute atomic E-state index is 13.0. The van der Waals surface area contributed by atoms with E-state index in [0.29, 0.717) is 18.4 Å². The molecule has 0 amide bonds. The van der Waals surface area contributed by atoms with Crippen LogP contribution in [0.3, 0.4) is 0 Å². The summed E-state index contributed by atoms with van der Waals surface area (Å²) in [5.41, 5.74) is 1.10. The topological polar surface area (TPSA) is 27.1 Å². The van der Waals surface area contributed by atoms with Gasteiger partial charge < -0.3 is 9.30 Å². The van der Waals surface area contributed by atoms with Crippen molar-refractivity contribution < 1.29 is 9.13 Å². The molecule has 4 heteroatoms. The predicted molar refractivity (Wildman–Crippen MR) is 68.1 cm³/mol. The van der Waals surface area contributed by atoms with Crippen molar-refractivity contribution in [1.29, 1.82) is 0 Å². The summed E-state index contributed by atoms with van der Waals surface area (Å²) in [6.07, 6.45) is 1.82. The van der Waals surface area contributed by atoms with Crippen molar-refractivity contribution in [3.63, 3.8) is 0 Å². The Hall–Kier alpha value is -1.84. The molecular formula is C14H17FN2O. The number of hydrogen-bond acceptors (Lipinski definition) is 2. The largest absolute Gasteiger partial charge is 0.486 e. The van der Waals surface area contributed by atoms with Gasteiger partial charge in [-0.15, -0.1) is 0 Å². The lowest BCUT2D eigenvalue weighted by Crippen LogP contribution is -2.10. The van der Waals surface area contributed by atoms with Gasteiger partial charge in [0.25, 0.3) is 0 Å². The first-order chi connectivity index (χ1) is 8.58. The fraction of sp³-hybridized carbons (Fsp3) is 0.357. The quantitative estimate of drug-likeness (QED) is 0.828. The molecule has 0 bridgehead atoms. The highest BCUT2D eigenvalue weighted by Crippen LogP contribution is 2.17. The van der Waals surface area contributed by atoms with Crippen molar-refractivity contribution in [2.45, 2.75) is 33.4 Å². The molecule has 3 nitrogen and oxygen atoms in total. The average Bonchev–Trinajstić information content (AvgIpc) is 2.68. The predicted octanol–water partition coefficient (Wildman–Crippen LogP) is 3.49. The van der Waals surface area contributed by atoms with Crippen LogP contribution in [-0.2, 0) is 6.61 Å². The average molecular weight is 248 g/mol. The van der Waals surface area contributed by atoms with E-state index in [9.17, 15) is 4.39 Å². The number of rotatable bonds is 4. The van der Waals surface area contributed by atoms with Crippen molar-refractivity contribution >= 4 is 0 Å². The summed E-state index contributed by atoms with van der Waals surface area (Å²) >= 11 is 0. The molecule has 18 heavy (non-hydrogen) atoms. The van der Waals surface area contributed by atoms with E-state index in [-0.39, 0.29) is 5.82 Å². The van der Waals surface area contributed by atoms with Gasteiger partial charge in [0.15, 0.2) is 0 Å². The minimum atomic E-state index is -0.295. The van der Waals surface area contributed by atoms with E-state index in [1.54, 1.807) is 12.1 Å². The summed E-state index contributed by atoms with van der Waals surface area (Å²) in [5, 5.41) is 0. The Balaban J connectivity index is 2.11. The van der Waals surface area contributed by atoms with E-state index >= 15 is 0 Å². The molecule has 0 saturated heterocycles. The maximum Gasteiger partial charge on any atom is 0.147 e. The summed E-state index contributed by atoms with van der Waals surface area (Å²) in [6, 6.07) is 6.46. The second-order valence-electron chi connectivity index (χ2n) is 4.53. The van der Waals surface area contributed by atoms with Crippen LogP contribution in [-0.4, -0.2) is 9.55 Å². The summed E-state index contributed by atoms with van der Waals surface area (Å²) in [6.45, 7) is 6.55. The van der Waals surface area contributed by atoms with Crippen molar-refractivity contribution in [3.05, 3.63) is 47.8 Å². The van der Waals surface area contributed by atoms with Crippen molar-refractivity contribution in [1.82, 2.24) is 9.55 Å². The van der Waals surface area contributed by atoms with Crippen LogP contribution < -0.4 is 4.74 Å². The molecule has 2 aromatic rings. The Morgan fingerprint density at radius 3 is 2.83 bits per heavy atom. The SMILES string of the molecule is Cc1cnc(COc2cccc(F)c2)n1C(C)C. The van der Waals surface area contributed by atoms with Crippen LogP contribution >= 0.6 is 0 Å². The molecular weight excluding hydrogens is 231 g/mol. The van der Waals surface area contributed by atoms with Crippen LogP contribution in [0.25, 0.3) is 0 Å². The molecule has 0 spiro atoms. The number of nitrogens with zero attached hydrogens (tertiary/aromatic N) is 2. The first-order valence-corrected chi connectivity index (χ1v) is 5.99. The lowest BCUT2D eigenvalue weighted by atomic mass is 10.3. The number of halogens is 1. The Labute approximate surface area is 106 Å². The molecule has 0 unspecified atom stereocenters. The fourth-order valence-electron chi connectivity index (χ4n) is 2.01. The van der Waals surface area contributed by atoms with E-state index in [1.807, 2.05) is 13.1 Å². The smallest absolute Gasteiger partial charge is 0.147 e. The zero-order valence-corrected chi connectivity index (χ0v) is 10.9. The number of aryl methyl sites for hydroxylation is 1. The molecule has 0 fully saturated rings. The molecule has 0 aliphatic rings. The van der Waals surface area contributed by atoms with Gasteiger partial charge in [0.1, 0.15) is 24.0 Å². The van der Waals surface area contributed by atoms with Crippen molar-refractivity contribution in [3.8, 4) is 5.75 Å². The molecule has 1 heterocycles. The summed E-state index contributed by atoms with van der Waals surface area (Å²) in [5.74, 6) is 1.08. The van der Waals surface area contributed by atoms with Crippen LogP contribution in [0.1, 0.15) is 31.4 Å². The molecule has 0 atom stereocenters. The van der Waals surface area contributed by atoms with Gasteiger partial charge in [0, 0.05) is 24.0 Å². The zero-order valence-electron chi connectivity index (χ0n) is 10.9. The molecule has 0 aliphatic heterocycles. The van der Waals surface area contributed by atoms with E-state index in [2.05, 4.69) is 23.4 Å². The number of aromatic nitrogens is 2. The Bertz CT molecular complexity index is 534. The highest BCUT2D eigenvalue weighted by molar-refractivity contribution is 5.22. The number of benzene rings is 1. The Kier molecular flexibility index (Phi) is 3.65. The molecule has 2 rings (SSSR count). The summed E-state index contributed by atoms with van der Waals surface area (Å²) in [4.78, 5) is 4.32. The lowest BCUT2D eigenvalue weighted by Gasteiger charge is -2.14. The second kappa shape index (κ2) is 5.21. The number of imidazole rings is 1. The molecule has 1 aromatic heterocycles. The van der Waals surface area contributed by atoms with E-state index in [0.717, 1.165) is 11.5 Å². The summed E-state index contributed by atoms with van der Waals surface area (Å²) in [7, 11) is 0. The van der Waals surface area contributed by atoms with Gasteiger partial charge in [-0.05, 0) is 32.9 Å². The van der Waals surface area contributed by atoms with Gasteiger partial charge in [0.2, 0.25) is 0 Å². The fourth-order valence-corrected chi connectivity index (χ4v) is 2.01. The van der Waals surface area contributed by atoms with Gasteiger partial charge in [-0.3, -0.25) is 0 Å². The first kappa shape index (κ1) is 12.6. The van der Waals surface area contributed by atoms with Crippen molar-refractivity contribution in [2.24, 2.45) is 0 Å².